The molecular formula is C15H23FN2O2. The molecule has 1 saturated heterocycles. The van der Waals surface area contributed by atoms with Gasteiger partial charge in [-0.15, -0.1) is 0 Å². The Balaban J connectivity index is 2.19. The Hall–Kier alpha value is -1.01. The molecule has 5 heteroatoms. The fraction of sp³-hybridized carbons (Fsp3) is 0.600. The molecule has 0 spiro atoms. The number of hydrogen-bond donors (Lipinski definition) is 2. The lowest BCUT2D eigenvalue weighted by molar-refractivity contribution is -0.156. The van der Waals surface area contributed by atoms with Crippen LogP contribution in [0.5, 0.6) is 0 Å². The highest BCUT2D eigenvalue weighted by Gasteiger charge is 2.36. The average molecular weight is 282 g/mol. The number of ether oxygens (including phenoxy) is 1. The molecule has 1 fully saturated rings. The number of rotatable bonds is 4. The van der Waals surface area contributed by atoms with E-state index in [-0.39, 0.29) is 30.2 Å². The summed E-state index contributed by atoms with van der Waals surface area (Å²) in [6, 6.07) is 6.44. The maximum atomic E-state index is 13.0. The number of hydrogen-bond acceptors (Lipinski definition) is 4. The minimum Gasteiger partial charge on any atom is -0.394 e. The van der Waals surface area contributed by atoms with Crippen LogP contribution in [0.1, 0.15) is 25.5 Å². The fourth-order valence-corrected chi connectivity index (χ4v) is 2.85. The van der Waals surface area contributed by atoms with Crippen molar-refractivity contribution in [3.05, 3.63) is 35.6 Å². The Bertz CT molecular complexity index is 436. The molecular weight excluding hydrogens is 259 g/mol. The van der Waals surface area contributed by atoms with Crippen molar-refractivity contribution in [2.24, 2.45) is 5.73 Å². The first-order chi connectivity index (χ1) is 9.45. The minimum absolute atomic E-state index is 0.00725. The summed E-state index contributed by atoms with van der Waals surface area (Å²) in [5, 5.41) is 9.37. The van der Waals surface area contributed by atoms with Crippen LogP contribution in [0.2, 0.25) is 0 Å². The molecule has 2 rings (SSSR count). The molecule has 0 saturated carbocycles. The molecule has 2 atom stereocenters. The van der Waals surface area contributed by atoms with Gasteiger partial charge in [-0.3, -0.25) is 4.90 Å². The van der Waals surface area contributed by atoms with Gasteiger partial charge in [-0.05, 0) is 31.5 Å². The van der Waals surface area contributed by atoms with Crippen LogP contribution in [0, 0.1) is 5.82 Å². The molecule has 0 bridgehead atoms. The summed E-state index contributed by atoms with van der Waals surface area (Å²) in [5.41, 5.74) is 6.57. The van der Waals surface area contributed by atoms with Crippen LogP contribution >= 0.6 is 0 Å². The van der Waals surface area contributed by atoms with E-state index < -0.39 is 0 Å². The van der Waals surface area contributed by atoms with Crippen molar-refractivity contribution in [3.63, 3.8) is 0 Å². The Morgan fingerprint density at radius 1 is 1.45 bits per heavy atom. The Labute approximate surface area is 119 Å². The third-order valence-corrected chi connectivity index (χ3v) is 3.63. The number of halogens is 1. The van der Waals surface area contributed by atoms with Crippen LogP contribution in [0.4, 0.5) is 4.39 Å². The number of morpholine rings is 1. The van der Waals surface area contributed by atoms with Crippen molar-refractivity contribution < 1.29 is 14.2 Å². The number of nitrogens with two attached hydrogens (primary N) is 1. The van der Waals surface area contributed by atoms with Gasteiger partial charge in [0.1, 0.15) is 5.82 Å². The third kappa shape index (κ3) is 3.55. The molecule has 20 heavy (non-hydrogen) atoms. The zero-order valence-corrected chi connectivity index (χ0v) is 12.1. The standard InChI is InChI=1S/C15H23FN2O2/c1-15(2)10-18(8-13(9-19)20-15)14(7-17)11-3-5-12(16)6-4-11/h3-6,13-14,19H,7-10,17H2,1-2H3. The van der Waals surface area contributed by atoms with E-state index in [2.05, 4.69) is 4.90 Å². The van der Waals surface area contributed by atoms with E-state index in [0.717, 1.165) is 12.1 Å². The molecule has 4 nitrogen and oxygen atoms in total. The van der Waals surface area contributed by atoms with Crippen molar-refractivity contribution >= 4 is 0 Å². The topological polar surface area (TPSA) is 58.7 Å². The molecule has 0 aliphatic carbocycles. The van der Waals surface area contributed by atoms with Crippen molar-refractivity contribution in [2.75, 3.05) is 26.2 Å². The monoisotopic (exact) mass is 282 g/mol. The largest absolute Gasteiger partial charge is 0.394 e. The van der Waals surface area contributed by atoms with Crippen molar-refractivity contribution in [1.29, 1.82) is 0 Å². The highest BCUT2D eigenvalue weighted by Crippen LogP contribution is 2.28. The van der Waals surface area contributed by atoms with Gasteiger partial charge in [0.25, 0.3) is 0 Å². The summed E-state index contributed by atoms with van der Waals surface area (Å²) in [7, 11) is 0. The lowest BCUT2D eigenvalue weighted by atomic mass is 9.99. The molecule has 2 unspecified atom stereocenters. The predicted octanol–water partition coefficient (Wildman–Crippen LogP) is 1.30. The van der Waals surface area contributed by atoms with E-state index in [0.29, 0.717) is 13.1 Å². The summed E-state index contributed by atoms with van der Waals surface area (Å²) in [4.78, 5) is 2.21. The smallest absolute Gasteiger partial charge is 0.123 e. The molecule has 3 N–H and O–H groups in total. The average Bonchev–Trinajstić information content (AvgIpc) is 2.40. The van der Waals surface area contributed by atoms with Crippen LogP contribution in [-0.2, 0) is 4.74 Å². The number of aliphatic hydroxyl groups is 1. The van der Waals surface area contributed by atoms with Gasteiger partial charge in [-0.25, -0.2) is 4.39 Å². The number of benzene rings is 1. The second kappa shape index (κ2) is 6.18. The first-order valence-corrected chi connectivity index (χ1v) is 6.93. The molecule has 0 amide bonds. The van der Waals surface area contributed by atoms with Crippen molar-refractivity contribution in [1.82, 2.24) is 4.90 Å². The summed E-state index contributed by atoms with van der Waals surface area (Å²) in [6.45, 7) is 5.78. The van der Waals surface area contributed by atoms with Crippen molar-refractivity contribution in [2.45, 2.75) is 31.6 Å². The van der Waals surface area contributed by atoms with E-state index >= 15 is 0 Å². The molecule has 1 aliphatic heterocycles. The summed E-state index contributed by atoms with van der Waals surface area (Å²) < 4.78 is 18.8. The van der Waals surface area contributed by atoms with Crippen LogP contribution in [0.25, 0.3) is 0 Å². The van der Waals surface area contributed by atoms with Gasteiger partial charge in [-0.2, -0.15) is 0 Å². The van der Waals surface area contributed by atoms with E-state index in [1.165, 1.54) is 12.1 Å². The van der Waals surface area contributed by atoms with Gasteiger partial charge in [0, 0.05) is 25.7 Å². The Morgan fingerprint density at radius 2 is 2.10 bits per heavy atom. The number of nitrogens with zero attached hydrogens (tertiary/aromatic N) is 1. The normalized spacial score (nSPS) is 24.6. The maximum Gasteiger partial charge on any atom is 0.123 e. The molecule has 0 radical (unpaired) electrons. The SMILES string of the molecule is CC1(C)CN(C(CN)c2ccc(F)cc2)CC(CO)O1. The number of aliphatic hydroxyl groups excluding tert-OH is 1. The van der Waals surface area contributed by atoms with Crippen LogP contribution in [0.15, 0.2) is 24.3 Å². The molecule has 0 aromatic heterocycles. The minimum atomic E-state index is -0.334. The van der Waals surface area contributed by atoms with E-state index in [9.17, 15) is 9.50 Å². The van der Waals surface area contributed by atoms with Gasteiger partial charge in [0.2, 0.25) is 0 Å². The molecule has 1 aromatic carbocycles. The Kier molecular flexibility index (Phi) is 4.75. The van der Waals surface area contributed by atoms with Crippen molar-refractivity contribution in [3.8, 4) is 0 Å². The van der Waals surface area contributed by atoms with Gasteiger partial charge in [0.05, 0.1) is 18.3 Å². The van der Waals surface area contributed by atoms with Gasteiger partial charge < -0.3 is 15.6 Å². The van der Waals surface area contributed by atoms with Gasteiger partial charge in [-0.1, -0.05) is 12.1 Å². The zero-order chi connectivity index (χ0) is 14.8. The predicted molar refractivity (Wildman–Crippen MR) is 75.8 cm³/mol. The van der Waals surface area contributed by atoms with Gasteiger partial charge >= 0.3 is 0 Å². The van der Waals surface area contributed by atoms with E-state index in [1.54, 1.807) is 12.1 Å². The lowest BCUT2D eigenvalue weighted by Crippen LogP contribution is -2.55. The third-order valence-electron chi connectivity index (χ3n) is 3.63. The quantitative estimate of drug-likeness (QED) is 0.874. The molecule has 112 valence electrons. The highest BCUT2D eigenvalue weighted by molar-refractivity contribution is 5.20. The highest BCUT2D eigenvalue weighted by atomic mass is 19.1. The molecule has 1 aliphatic rings. The second-order valence-electron chi connectivity index (χ2n) is 5.91. The maximum absolute atomic E-state index is 13.0. The first-order valence-electron chi connectivity index (χ1n) is 6.93. The zero-order valence-electron chi connectivity index (χ0n) is 12.1. The fourth-order valence-electron chi connectivity index (χ4n) is 2.85. The van der Waals surface area contributed by atoms with Crippen LogP contribution < -0.4 is 5.73 Å². The first kappa shape index (κ1) is 15.4. The lowest BCUT2D eigenvalue weighted by Gasteiger charge is -2.45. The molecule has 1 heterocycles. The van der Waals surface area contributed by atoms with Crippen LogP contribution in [0.3, 0.4) is 0 Å². The second-order valence-corrected chi connectivity index (χ2v) is 5.91. The summed E-state index contributed by atoms with van der Waals surface area (Å²) in [5.74, 6) is -0.250. The summed E-state index contributed by atoms with van der Waals surface area (Å²) >= 11 is 0. The summed E-state index contributed by atoms with van der Waals surface area (Å²) in [6.07, 6.45) is -0.215. The van der Waals surface area contributed by atoms with E-state index in [1.807, 2.05) is 13.8 Å². The van der Waals surface area contributed by atoms with E-state index in [4.69, 9.17) is 10.5 Å². The van der Waals surface area contributed by atoms with Crippen LogP contribution in [-0.4, -0.2) is 48.0 Å². The van der Waals surface area contributed by atoms with Gasteiger partial charge in [0.15, 0.2) is 0 Å². The Morgan fingerprint density at radius 3 is 2.65 bits per heavy atom. The molecule has 1 aromatic rings.